The standard InChI is InChI=1S/C19H22O2/c1-5-7-15-9-11-19(21-4)17(13-15)16-12-14(6-2)8-10-18(16)20-3/h5,8-13H,1,6-7H2,2-4H3. The molecule has 21 heavy (non-hydrogen) atoms. The number of rotatable bonds is 6. The summed E-state index contributed by atoms with van der Waals surface area (Å²) in [5.74, 6) is 1.72. The SMILES string of the molecule is C=CCc1ccc(OC)c(-c2cc(CC)ccc2OC)c1. The quantitative estimate of drug-likeness (QED) is 0.717. The summed E-state index contributed by atoms with van der Waals surface area (Å²) in [6.07, 6.45) is 3.74. The lowest BCUT2D eigenvalue weighted by Gasteiger charge is -2.15. The summed E-state index contributed by atoms with van der Waals surface area (Å²) in [4.78, 5) is 0. The lowest BCUT2D eigenvalue weighted by molar-refractivity contribution is 0.410. The van der Waals surface area contributed by atoms with E-state index >= 15 is 0 Å². The maximum Gasteiger partial charge on any atom is 0.126 e. The molecule has 0 unspecified atom stereocenters. The van der Waals surface area contributed by atoms with Crippen molar-refractivity contribution in [3.8, 4) is 22.6 Å². The van der Waals surface area contributed by atoms with Gasteiger partial charge in [-0.25, -0.2) is 0 Å². The fraction of sp³-hybridized carbons (Fsp3) is 0.263. The van der Waals surface area contributed by atoms with Crippen LogP contribution >= 0.6 is 0 Å². The first-order valence-electron chi connectivity index (χ1n) is 7.18. The fourth-order valence-corrected chi connectivity index (χ4v) is 2.44. The van der Waals surface area contributed by atoms with Crippen LogP contribution in [-0.2, 0) is 12.8 Å². The van der Waals surface area contributed by atoms with Crippen LogP contribution in [-0.4, -0.2) is 14.2 Å². The van der Waals surface area contributed by atoms with Crippen molar-refractivity contribution >= 4 is 0 Å². The van der Waals surface area contributed by atoms with Crippen molar-refractivity contribution in [2.24, 2.45) is 0 Å². The van der Waals surface area contributed by atoms with Crippen LogP contribution in [0.4, 0.5) is 0 Å². The summed E-state index contributed by atoms with van der Waals surface area (Å²) in [5, 5.41) is 0. The van der Waals surface area contributed by atoms with Crippen LogP contribution in [0.5, 0.6) is 11.5 Å². The van der Waals surface area contributed by atoms with E-state index in [1.807, 2.05) is 18.2 Å². The van der Waals surface area contributed by atoms with Gasteiger partial charge in [-0.1, -0.05) is 25.1 Å². The number of methoxy groups -OCH3 is 2. The molecule has 0 saturated heterocycles. The van der Waals surface area contributed by atoms with E-state index in [0.717, 1.165) is 35.5 Å². The average Bonchev–Trinajstić information content (AvgIpc) is 2.54. The predicted octanol–water partition coefficient (Wildman–Crippen LogP) is 4.66. The second kappa shape index (κ2) is 6.98. The summed E-state index contributed by atoms with van der Waals surface area (Å²) in [7, 11) is 3.40. The highest BCUT2D eigenvalue weighted by Crippen LogP contribution is 2.37. The topological polar surface area (TPSA) is 18.5 Å². The van der Waals surface area contributed by atoms with Gasteiger partial charge in [0.05, 0.1) is 14.2 Å². The van der Waals surface area contributed by atoms with Gasteiger partial charge in [-0.3, -0.25) is 0 Å². The Balaban J connectivity index is 2.62. The molecule has 0 saturated carbocycles. The highest BCUT2D eigenvalue weighted by Gasteiger charge is 2.12. The first-order valence-corrected chi connectivity index (χ1v) is 7.18. The molecule has 0 aliphatic carbocycles. The number of aryl methyl sites for hydroxylation is 1. The molecular formula is C19H22O2. The molecule has 0 aliphatic heterocycles. The highest BCUT2D eigenvalue weighted by atomic mass is 16.5. The molecule has 2 nitrogen and oxygen atoms in total. The fourth-order valence-electron chi connectivity index (χ4n) is 2.44. The van der Waals surface area contributed by atoms with E-state index in [1.54, 1.807) is 14.2 Å². The largest absolute Gasteiger partial charge is 0.496 e. The molecule has 0 bridgehead atoms. The maximum absolute atomic E-state index is 5.52. The first-order chi connectivity index (χ1) is 10.2. The number of hydrogen-bond donors (Lipinski definition) is 0. The molecule has 0 aliphatic rings. The Morgan fingerprint density at radius 3 is 1.90 bits per heavy atom. The number of hydrogen-bond acceptors (Lipinski definition) is 2. The van der Waals surface area contributed by atoms with E-state index in [-0.39, 0.29) is 0 Å². The Morgan fingerprint density at radius 1 is 0.905 bits per heavy atom. The van der Waals surface area contributed by atoms with E-state index in [2.05, 4.69) is 37.8 Å². The van der Waals surface area contributed by atoms with Crippen molar-refractivity contribution in [2.45, 2.75) is 19.8 Å². The van der Waals surface area contributed by atoms with Crippen LogP contribution in [0.25, 0.3) is 11.1 Å². The molecule has 2 aromatic carbocycles. The van der Waals surface area contributed by atoms with Crippen LogP contribution in [0, 0.1) is 0 Å². The zero-order valence-corrected chi connectivity index (χ0v) is 13.0. The molecule has 110 valence electrons. The maximum atomic E-state index is 5.52. The molecule has 0 amide bonds. The van der Waals surface area contributed by atoms with Gasteiger partial charge in [0.15, 0.2) is 0 Å². The van der Waals surface area contributed by atoms with Gasteiger partial charge in [-0.15, -0.1) is 6.58 Å². The zero-order chi connectivity index (χ0) is 15.2. The summed E-state index contributed by atoms with van der Waals surface area (Å²) in [6.45, 7) is 5.96. The minimum atomic E-state index is 0.840. The van der Waals surface area contributed by atoms with Crippen molar-refractivity contribution in [1.82, 2.24) is 0 Å². The van der Waals surface area contributed by atoms with Crippen LogP contribution in [0.15, 0.2) is 49.1 Å². The van der Waals surface area contributed by atoms with Crippen molar-refractivity contribution in [3.05, 3.63) is 60.2 Å². The van der Waals surface area contributed by atoms with Gasteiger partial charge < -0.3 is 9.47 Å². The molecule has 0 heterocycles. The van der Waals surface area contributed by atoms with Gasteiger partial charge in [0.1, 0.15) is 11.5 Å². The van der Waals surface area contributed by atoms with Gasteiger partial charge in [0, 0.05) is 11.1 Å². The van der Waals surface area contributed by atoms with Crippen molar-refractivity contribution in [3.63, 3.8) is 0 Å². The van der Waals surface area contributed by atoms with E-state index in [0.29, 0.717) is 0 Å². The van der Waals surface area contributed by atoms with Crippen LogP contribution in [0.1, 0.15) is 18.1 Å². The van der Waals surface area contributed by atoms with Crippen LogP contribution in [0.2, 0.25) is 0 Å². The van der Waals surface area contributed by atoms with Crippen LogP contribution < -0.4 is 9.47 Å². The number of benzene rings is 2. The van der Waals surface area contributed by atoms with E-state index < -0.39 is 0 Å². The number of allylic oxidation sites excluding steroid dienone is 1. The Morgan fingerprint density at radius 2 is 1.43 bits per heavy atom. The van der Waals surface area contributed by atoms with Gasteiger partial charge in [0.25, 0.3) is 0 Å². The van der Waals surface area contributed by atoms with Gasteiger partial charge in [-0.2, -0.15) is 0 Å². The van der Waals surface area contributed by atoms with Crippen molar-refractivity contribution in [2.75, 3.05) is 14.2 Å². The van der Waals surface area contributed by atoms with Gasteiger partial charge in [-0.05, 0) is 48.2 Å². The molecule has 2 aromatic rings. The smallest absolute Gasteiger partial charge is 0.126 e. The number of ether oxygens (including phenoxy) is 2. The molecule has 2 heteroatoms. The van der Waals surface area contributed by atoms with Crippen molar-refractivity contribution < 1.29 is 9.47 Å². The normalized spacial score (nSPS) is 10.2. The minimum absolute atomic E-state index is 0.840. The van der Waals surface area contributed by atoms with E-state index in [4.69, 9.17) is 9.47 Å². The predicted molar refractivity (Wildman–Crippen MR) is 88.3 cm³/mol. The molecule has 0 N–H and O–H groups in total. The third-order valence-electron chi connectivity index (χ3n) is 3.61. The van der Waals surface area contributed by atoms with Crippen LogP contribution in [0.3, 0.4) is 0 Å². The Bertz CT molecular complexity index is 629. The summed E-state index contributed by atoms with van der Waals surface area (Å²) >= 11 is 0. The molecular weight excluding hydrogens is 260 g/mol. The second-order valence-electron chi connectivity index (χ2n) is 4.92. The second-order valence-corrected chi connectivity index (χ2v) is 4.92. The zero-order valence-electron chi connectivity index (χ0n) is 13.0. The molecule has 0 spiro atoms. The Hall–Kier alpha value is -2.22. The van der Waals surface area contributed by atoms with Crippen molar-refractivity contribution in [1.29, 1.82) is 0 Å². The lowest BCUT2D eigenvalue weighted by Crippen LogP contribution is -1.95. The average molecular weight is 282 g/mol. The third-order valence-corrected chi connectivity index (χ3v) is 3.61. The summed E-state index contributed by atoms with van der Waals surface area (Å²) in [5.41, 5.74) is 4.62. The summed E-state index contributed by atoms with van der Waals surface area (Å²) < 4.78 is 11.0. The molecule has 0 aromatic heterocycles. The Labute approximate surface area is 127 Å². The molecule has 0 fully saturated rings. The van der Waals surface area contributed by atoms with E-state index in [1.165, 1.54) is 11.1 Å². The van der Waals surface area contributed by atoms with Gasteiger partial charge >= 0.3 is 0 Å². The summed E-state index contributed by atoms with van der Waals surface area (Å²) in [6, 6.07) is 12.5. The first kappa shape index (κ1) is 15.2. The third kappa shape index (κ3) is 3.27. The van der Waals surface area contributed by atoms with Gasteiger partial charge in [0.2, 0.25) is 0 Å². The molecule has 0 radical (unpaired) electrons. The monoisotopic (exact) mass is 282 g/mol. The van der Waals surface area contributed by atoms with E-state index in [9.17, 15) is 0 Å². The highest BCUT2D eigenvalue weighted by molar-refractivity contribution is 5.77. The minimum Gasteiger partial charge on any atom is -0.496 e. The Kier molecular flexibility index (Phi) is 5.04. The lowest BCUT2D eigenvalue weighted by atomic mass is 9.97. The molecule has 2 rings (SSSR count). The molecule has 0 atom stereocenters.